The number of nitrogens with zero attached hydrogens (tertiary/aromatic N) is 2. The summed E-state index contributed by atoms with van der Waals surface area (Å²) in [4.78, 5) is 8.59. The number of hydrogen-bond donors (Lipinski definition) is 1. The average molecular weight is 329 g/mol. The number of rotatable bonds is 6. The molecule has 128 valence electrons. The Kier molecular flexibility index (Phi) is 5.36. The van der Waals surface area contributed by atoms with Crippen LogP contribution in [0.15, 0.2) is 30.6 Å². The van der Waals surface area contributed by atoms with Gasteiger partial charge >= 0.3 is 0 Å². The summed E-state index contributed by atoms with van der Waals surface area (Å²) in [6.45, 7) is 6.74. The predicted molar refractivity (Wildman–Crippen MR) is 91.7 cm³/mol. The van der Waals surface area contributed by atoms with Crippen LogP contribution in [0.3, 0.4) is 0 Å². The minimum absolute atomic E-state index is 0.445. The lowest BCUT2D eigenvalue weighted by Gasteiger charge is -2.13. The van der Waals surface area contributed by atoms with Crippen LogP contribution in [0.4, 0.5) is 5.82 Å². The second-order valence-corrected chi connectivity index (χ2v) is 6.10. The molecular formula is C18H23N3O3. The normalized spacial score (nSPS) is 13.5. The first-order valence-electron chi connectivity index (χ1n) is 8.28. The second-order valence-electron chi connectivity index (χ2n) is 6.10. The topological polar surface area (TPSA) is 65.5 Å². The van der Waals surface area contributed by atoms with Crippen LogP contribution in [0, 0.1) is 5.92 Å². The van der Waals surface area contributed by atoms with Crippen LogP contribution < -0.4 is 19.5 Å². The highest BCUT2D eigenvalue weighted by Crippen LogP contribution is 2.33. The van der Waals surface area contributed by atoms with Gasteiger partial charge in [-0.25, -0.2) is 0 Å². The van der Waals surface area contributed by atoms with Crippen LogP contribution in [0.2, 0.25) is 0 Å². The zero-order valence-electron chi connectivity index (χ0n) is 14.1. The first-order valence-corrected chi connectivity index (χ1v) is 8.28. The van der Waals surface area contributed by atoms with E-state index >= 15 is 0 Å². The lowest BCUT2D eigenvalue weighted by atomic mass is 10.2. The number of ether oxygens (including phenoxy) is 3. The maximum Gasteiger partial charge on any atom is 0.234 e. The second kappa shape index (κ2) is 7.86. The molecule has 1 aliphatic heterocycles. The summed E-state index contributed by atoms with van der Waals surface area (Å²) >= 11 is 0. The zero-order chi connectivity index (χ0) is 16.8. The maximum atomic E-state index is 5.83. The van der Waals surface area contributed by atoms with Crippen molar-refractivity contribution in [1.29, 1.82) is 0 Å². The van der Waals surface area contributed by atoms with E-state index in [-0.39, 0.29) is 0 Å². The molecule has 0 bridgehead atoms. The highest BCUT2D eigenvalue weighted by Gasteiger charge is 2.14. The molecule has 24 heavy (non-hydrogen) atoms. The zero-order valence-corrected chi connectivity index (χ0v) is 14.1. The smallest absolute Gasteiger partial charge is 0.234 e. The molecule has 1 aromatic heterocycles. The lowest BCUT2D eigenvalue weighted by molar-refractivity contribution is 0.260. The van der Waals surface area contributed by atoms with Crippen LogP contribution in [0.5, 0.6) is 17.4 Å². The van der Waals surface area contributed by atoms with Gasteiger partial charge in [-0.1, -0.05) is 26.0 Å². The van der Waals surface area contributed by atoms with Gasteiger partial charge in [0.2, 0.25) is 5.88 Å². The molecule has 1 aliphatic rings. The Bertz CT molecular complexity index is 676. The van der Waals surface area contributed by atoms with Crippen molar-refractivity contribution in [3.63, 3.8) is 0 Å². The van der Waals surface area contributed by atoms with E-state index in [1.165, 1.54) is 0 Å². The number of aromatic nitrogens is 2. The van der Waals surface area contributed by atoms with Gasteiger partial charge in [0.1, 0.15) is 5.82 Å². The standard InChI is InChI=1S/C18H23N3O3/c1-13(2)12-24-17-11-19-10-16(21-17)20-9-14-5-3-6-15-18(14)23-8-4-7-22-15/h3,5-6,10-11,13H,4,7-9,12H2,1-2H3,(H,20,21). The largest absolute Gasteiger partial charge is 0.490 e. The van der Waals surface area contributed by atoms with E-state index in [9.17, 15) is 0 Å². The number of hydrogen-bond acceptors (Lipinski definition) is 6. The molecule has 2 heterocycles. The number of para-hydroxylation sites is 1. The van der Waals surface area contributed by atoms with Crippen LogP contribution >= 0.6 is 0 Å². The highest BCUT2D eigenvalue weighted by molar-refractivity contribution is 5.48. The molecule has 0 fully saturated rings. The van der Waals surface area contributed by atoms with E-state index in [4.69, 9.17) is 14.2 Å². The summed E-state index contributed by atoms with van der Waals surface area (Å²) in [5.74, 6) is 3.25. The fraction of sp³-hybridized carbons (Fsp3) is 0.444. The van der Waals surface area contributed by atoms with Crippen molar-refractivity contribution in [3.05, 3.63) is 36.2 Å². The third kappa shape index (κ3) is 4.28. The van der Waals surface area contributed by atoms with Crippen molar-refractivity contribution in [2.24, 2.45) is 5.92 Å². The van der Waals surface area contributed by atoms with Crippen molar-refractivity contribution in [2.45, 2.75) is 26.8 Å². The van der Waals surface area contributed by atoms with E-state index < -0.39 is 0 Å². The van der Waals surface area contributed by atoms with Gasteiger partial charge in [-0.15, -0.1) is 0 Å². The van der Waals surface area contributed by atoms with Crippen molar-refractivity contribution < 1.29 is 14.2 Å². The Morgan fingerprint density at radius 1 is 1.21 bits per heavy atom. The molecule has 6 nitrogen and oxygen atoms in total. The first-order chi connectivity index (χ1) is 11.7. The fourth-order valence-electron chi connectivity index (χ4n) is 2.33. The molecule has 0 radical (unpaired) electrons. The Labute approximate surface area is 142 Å². The molecule has 0 spiro atoms. The van der Waals surface area contributed by atoms with Crippen molar-refractivity contribution >= 4 is 5.82 Å². The molecule has 0 amide bonds. The van der Waals surface area contributed by atoms with Crippen LogP contribution in [0.25, 0.3) is 0 Å². The predicted octanol–water partition coefficient (Wildman–Crippen LogP) is 3.28. The molecule has 0 aliphatic carbocycles. The van der Waals surface area contributed by atoms with Crippen molar-refractivity contribution in [2.75, 3.05) is 25.1 Å². The van der Waals surface area contributed by atoms with Crippen molar-refractivity contribution in [1.82, 2.24) is 9.97 Å². The summed E-state index contributed by atoms with van der Waals surface area (Å²) in [6.07, 6.45) is 4.20. The van der Waals surface area contributed by atoms with Crippen molar-refractivity contribution in [3.8, 4) is 17.4 Å². The van der Waals surface area contributed by atoms with E-state index in [1.807, 2.05) is 18.2 Å². The van der Waals surface area contributed by atoms with E-state index in [2.05, 4.69) is 29.1 Å². The van der Waals surface area contributed by atoms with Crippen LogP contribution in [0.1, 0.15) is 25.8 Å². The number of anilines is 1. The number of fused-ring (bicyclic) bond motifs is 1. The molecule has 6 heteroatoms. The number of benzene rings is 1. The Morgan fingerprint density at radius 2 is 2.08 bits per heavy atom. The molecular weight excluding hydrogens is 306 g/mol. The van der Waals surface area contributed by atoms with Gasteiger partial charge in [-0.05, 0) is 12.0 Å². The summed E-state index contributed by atoms with van der Waals surface area (Å²) < 4.78 is 17.2. The van der Waals surface area contributed by atoms with Gasteiger partial charge < -0.3 is 19.5 Å². The Balaban J connectivity index is 1.67. The molecule has 0 atom stereocenters. The lowest BCUT2D eigenvalue weighted by Crippen LogP contribution is -2.08. The monoisotopic (exact) mass is 329 g/mol. The number of nitrogens with one attached hydrogen (secondary N) is 1. The third-order valence-corrected chi connectivity index (χ3v) is 3.49. The molecule has 1 N–H and O–H groups in total. The molecule has 2 aromatic rings. The molecule has 0 saturated carbocycles. The highest BCUT2D eigenvalue weighted by atomic mass is 16.5. The summed E-state index contributed by atoms with van der Waals surface area (Å²) in [5, 5.41) is 3.27. The average Bonchev–Trinajstić information content (AvgIpc) is 2.84. The molecule has 0 unspecified atom stereocenters. The van der Waals surface area contributed by atoms with Gasteiger partial charge in [0, 0.05) is 18.5 Å². The van der Waals surface area contributed by atoms with Gasteiger partial charge in [-0.2, -0.15) is 4.98 Å². The first kappa shape index (κ1) is 16.4. The van der Waals surface area contributed by atoms with E-state index in [0.717, 1.165) is 23.5 Å². The Morgan fingerprint density at radius 3 is 2.96 bits per heavy atom. The van der Waals surface area contributed by atoms with E-state index in [0.29, 0.717) is 44.0 Å². The SMILES string of the molecule is CC(C)COc1cncc(NCc2cccc3c2OCCCO3)n1. The Hall–Kier alpha value is -2.50. The van der Waals surface area contributed by atoms with Gasteiger partial charge in [0.25, 0.3) is 0 Å². The maximum absolute atomic E-state index is 5.83. The van der Waals surface area contributed by atoms with Gasteiger partial charge in [0.15, 0.2) is 11.5 Å². The molecule has 1 aromatic carbocycles. The fourth-order valence-corrected chi connectivity index (χ4v) is 2.33. The van der Waals surface area contributed by atoms with Crippen LogP contribution in [-0.4, -0.2) is 29.8 Å². The quantitative estimate of drug-likeness (QED) is 0.877. The van der Waals surface area contributed by atoms with E-state index in [1.54, 1.807) is 12.4 Å². The minimum Gasteiger partial charge on any atom is -0.490 e. The van der Waals surface area contributed by atoms with Crippen LogP contribution in [-0.2, 0) is 6.54 Å². The molecule has 3 rings (SSSR count). The van der Waals surface area contributed by atoms with Gasteiger partial charge in [0.05, 0.1) is 32.2 Å². The summed E-state index contributed by atoms with van der Waals surface area (Å²) in [6, 6.07) is 5.93. The third-order valence-electron chi connectivity index (χ3n) is 3.49. The summed E-state index contributed by atoms with van der Waals surface area (Å²) in [5.41, 5.74) is 1.03. The minimum atomic E-state index is 0.445. The van der Waals surface area contributed by atoms with Gasteiger partial charge in [-0.3, -0.25) is 4.98 Å². The molecule has 0 saturated heterocycles. The summed E-state index contributed by atoms with van der Waals surface area (Å²) in [7, 11) is 0.